The molecule has 1 saturated heterocycles. The van der Waals surface area contributed by atoms with Crippen molar-refractivity contribution in [1.29, 1.82) is 0 Å². The zero-order valence-electron chi connectivity index (χ0n) is 10.7. The molecule has 1 atom stereocenters. The van der Waals surface area contributed by atoms with Crippen molar-refractivity contribution in [2.75, 3.05) is 13.2 Å². The van der Waals surface area contributed by atoms with E-state index in [1.807, 2.05) is 0 Å². The molecule has 2 rings (SSSR count). The van der Waals surface area contributed by atoms with Crippen LogP contribution in [0.4, 0.5) is 4.39 Å². The summed E-state index contributed by atoms with van der Waals surface area (Å²) in [6.07, 6.45) is 3.33. The number of likely N-dealkylation sites (tertiary alicyclic amines) is 1. The third-order valence-electron chi connectivity index (χ3n) is 3.54. The Hall–Kier alpha value is -1.62. The third kappa shape index (κ3) is 3.04. The summed E-state index contributed by atoms with van der Waals surface area (Å²) in [6, 6.07) is 3.41. The molecule has 0 bridgehead atoms. The first-order valence-corrected chi connectivity index (χ1v) is 6.54. The fourth-order valence-corrected chi connectivity index (χ4v) is 2.56. The maximum absolute atomic E-state index is 12.9. The van der Waals surface area contributed by atoms with Gasteiger partial charge in [-0.1, -0.05) is 0 Å². The second kappa shape index (κ2) is 6.02. The lowest BCUT2D eigenvalue weighted by molar-refractivity contribution is 0.0571. The van der Waals surface area contributed by atoms with Crippen LogP contribution in [0.25, 0.3) is 0 Å². The first-order chi connectivity index (χ1) is 9.13. The van der Waals surface area contributed by atoms with E-state index in [2.05, 4.69) is 0 Å². The summed E-state index contributed by atoms with van der Waals surface area (Å²) < 4.78 is 12.9. The van der Waals surface area contributed by atoms with Crippen molar-refractivity contribution >= 4 is 5.91 Å². The number of halogens is 1. The van der Waals surface area contributed by atoms with E-state index in [0.29, 0.717) is 13.0 Å². The fraction of sp³-hybridized carbons (Fsp3) is 0.500. The normalized spacial score (nSPS) is 19.5. The number of nitrogens with zero attached hydrogens (tertiary/aromatic N) is 1. The topological polar surface area (TPSA) is 60.8 Å². The van der Waals surface area contributed by atoms with E-state index in [1.54, 1.807) is 4.90 Å². The number of carbonyl (C=O) groups is 1. The van der Waals surface area contributed by atoms with Gasteiger partial charge >= 0.3 is 0 Å². The van der Waals surface area contributed by atoms with Gasteiger partial charge in [-0.25, -0.2) is 4.39 Å². The third-order valence-corrected chi connectivity index (χ3v) is 3.54. The Balaban J connectivity index is 2.21. The summed E-state index contributed by atoms with van der Waals surface area (Å²) in [5.74, 6) is -1.20. The second-order valence-corrected chi connectivity index (χ2v) is 4.82. The number of benzene rings is 1. The molecule has 1 fully saturated rings. The van der Waals surface area contributed by atoms with Crippen LogP contribution in [-0.4, -0.2) is 40.2 Å². The van der Waals surface area contributed by atoms with Crippen LogP contribution in [0.15, 0.2) is 18.2 Å². The molecule has 2 N–H and O–H groups in total. The molecule has 104 valence electrons. The van der Waals surface area contributed by atoms with Crippen LogP contribution in [0, 0.1) is 5.82 Å². The minimum absolute atomic E-state index is 0.00398. The van der Waals surface area contributed by atoms with Crippen LogP contribution >= 0.6 is 0 Å². The Labute approximate surface area is 111 Å². The Morgan fingerprint density at radius 3 is 2.89 bits per heavy atom. The minimum atomic E-state index is -0.570. The van der Waals surface area contributed by atoms with Crippen LogP contribution in [0.5, 0.6) is 5.75 Å². The van der Waals surface area contributed by atoms with Gasteiger partial charge in [0.05, 0.1) is 5.56 Å². The van der Waals surface area contributed by atoms with Crippen LogP contribution in [0.3, 0.4) is 0 Å². The number of aromatic hydroxyl groups is 1. The number of carbonyl (C=O) groups excluding carboxylic acids is 1. The molecule has 1 aliphatic rings. The van der Waals surface area contributed by atoms with Crippen molar-refractivity contribution in [1.82, 2.24) is 4.90 Å². The van der Waals surface area contributed by atoms with Gasteiger partial charge in [-0.15, -0.1) is 0 Å². The van der Waals surface area contributed by atoms with E-state index in [1.165, 1.54) is 6.07 Å². The summed E-state index contributed by atoms with van der Waals surface area (Å²) >= 11 is 0. The summed E-state index contributed by atoms with van der Waals surface area (Å²) in [5.41, 5.74) is 0.117. The quantitative estimate of drug-likeness (QED) is 0.879. The molecular weight excluding hydrogens is 249 g/mol. The van der Waals surface area contributed by atoms with E-state index in [4.69, 9.17) is 5.11 Å². The molecule has 1 unspecified atom stereocenters. The van der Waals surface area contributed by atoms with Gasteiger partial charge in [-0.2, -0.15) is 0 Å². The molecule has 4 nitrogen and oxygen atoms in total. The van der Waals surface area contributed by atoms with Gasteiger partial charge < -0.3 is 15.1 Å². The molecule has 1 aliphatic heterocycles. The van der Waals surface area contributed by atoms with E-state index in [0.717, 1.165) is 31.4 Å². The summed E-state index contributed by atoms with van der Waals surface area (Å²) in [4.78, 5) is 14.1. The zero-order valence-corrected chi connectivity index (χ0v) is 10.7. The Bertz CT molecular complexity index is 462. The van der Waals surface area contributed by atoms with Crippen LogP contribution < -0.4 is 0 Å². The highest BCUT2D eigenvalue weighted by atomic mass is 19.1. The number of phenolic OH excluding ortho intramolecular Hbond substituents is 1. The van der Waals surface area contributed by atoms with Crippen molar-refractivity contribution in [2.45, 2.75) is 31.7 Å². The number of rotatable bonds is 3. The molecule has 0 radical (unpaired) electrons. The molecule has 1 amide bonds. The number of hydrogen-bond donors (Lipinski definition) is 2. The van der Waals surface area contributed by atoms with Crippen LogP contribution in [0.2, 0.25) is 0 Å². The number of piperidine rings is 1. The van der Waals surface area contributed by atoms with Crippen LogP contribution in [-0.2, 0) is 0 Å². The van der Waals surface area contributed by atoms with Crippen molar-refractivity contribution in [3.63, 3.8) is 0 Å². The molecule has 1 heterocycles. The largest absolute Gasteiger partial charge is 0.507 e. The smallest absolute Gasteiger partial charge is 0.257 e. The maximum Gasteiger partial charge on any atom is 0.257 e. The Morgan fingerprint density at radius 2 is 2.21 bits per heavy atom. The van der Waals surface area contributed by atoms with Crippen molar-refractivity contribution in [3.8, 4) is 5.75 Å². The first kappa shape index (κ1) is 13.8. The average molecular weight is 267 g/mol. The van der Waals surface area contributed by atoms with Crippen molar-refractivity contribution < 1.29 is 19.4 Å². The zero-order chi connectivity index (χ0) is 13.8. The van der Waals surface area contributed by atoms with Gasteiger partial charge in [0.15, 0.2) is 0 Å². The lowest BCUT2D eigenvalue weighted by atomic mass is 9.98. The number of aliphatic hydroxyl groups excluding tert-OH is 1. The van der Waals surface area contributed by atoms with Crippen LogP contribution in [0.1, 0.15) is 36.0 Å². The molecule has 0 saturated carbocycles. The minimum Gasteiger partial charge on any atom is -0.507 e. The molecule has 0 spiro atoms. The van der Waals surface area contributed by atoms with Gasteiger partial charge in [0, 0.05) is 25.3 Å². The number of phenols is 1. The molecule has 0 aliphatic carbocycles. The standard InChI is InChI=1S/C14H18FNO3/c15-10-4-5-12(13(18)9-10)14(19)16-7-2-1-3-11(16)6-8-17/h4-5,9,11,17-18H,1-3,6-8H2. The number of aliphatic hydroxyl groups is 1. The van der Waals surface area contributed by atoms with Crippen molar-refractivity contribution in [2.24, 2.45) is 0 Å². The van der Waals surface area contributed by atoms with Gasteiger partial charge in [0.2, 0.25) is 0 Å². The predicted molar refractivity (Wildman–Crippen MR) is 68.4 cm³/mol. The first-order valence-electron chi connectivity index (χ1n) is 6.54. The lowest BCUT2D eigenvalue weighted by Crippen LogP contribution is -2.44. The molecule has 1 aromatic carbocycles. The molecular formula is C14H18FNO3. The maximum atomic E-state index is 12.9. The van der Waals surface area contributed by atoms with Crippen molar-refractivity contribution in [3.05, 3.63) is 29.6 Å². The highest BCUT2D eigenvalue weighted by Gasteiger charge is 2.28. The molecule has 0 aromatic heterocycles. The summed E-state index contributed by atoms with van der Waals surface area (Å²) in [7, 11) is 0. The van der Waals surface area contributed by atoms with Gasteiger partial charge in [0.1, 0.15) is 11.6 Å². The Kier molecular flexibility index (Phi) is 4.37. The fourth-order valence-electron chi connectivity index (χ4n) is 2.56. The lowest BCUT2D eigenvalue weighted by Gasteiger charge is -2.35. The van der Waals surface area contributed by atoms with E-state index >= 15 is 0 Å². The van der Waals surface area contributed by atoms with Gasteiger partial charge in [-0.05, 0) is 37.8 Å². The van der Waals surface area contributed by atoms with Gasteiger partial charge in [0.25, 0.3) is 5.91 Å². The molecule has 1 aromatic rings. The summed E-state index contributed by atoms with van der Waals surface area (Å²) in [5, 5.41) is 18.7. The number of hydrogen-bond acceptors (Lipinski definition) is 3. The Morgan fingerprint density at radius 1 is 1.42 bits per heavy atom. The van der Waals surface area contributed by atoms with E-state index < -0.39 is 5.82 Å². The highest BCUT2D eigenvalue weighted by Crippen LogP contribution is 2.25. The second-order valence-electron chi connectivity index (χ2n) is 4.82. The van der Waals surface area contributed by atoms with Gasteiger partial charge in [-0.3, -0.25) is 4.79 Å². The van der Waals surface area contributed by atoms with E-state index in [-0.39, 0.29) is 29.9 Å². The monoisotopic (exact) mass is 267 g/mol. The average Bonchev–Trinajstić information content (AvgIpc) is 2.39. The highest BCUT2D eigenvalue weighted by molar-refractivity contribution is 5.97. The SMILES string of the molecule is O=C(c1ccc(F)cc1O)N1CCCCC1CCO. The van der Waals surface area contributed by atoms with E-state index in [9.17, 15) is 14.3 Å². The number of amides is 1. The predicted octanol–water partition coefficient (Wildman–Crippen LogP) is 1.91. The molecule has 19 heavy (non-hydrogen) atoms. The molecule has 5 heteroatoms. The summed E-state index contributed by atoms with van der Waals surface area (Å²) in [6.45, 7) is 0.643.